The zero-order valence-electron chi connectivity index (χ0n) is 11.9. The largest absolute Gasteiger partial charge is 0.375 e. The average Bonchev–Trinajstić information content (AvgIpc) is 3.15. The Kier molecular flexibility index (Phi) is 3.22. The predicted molar refractivity (Wildman–Crippen MR) is 75.0 cm³/mol. The van der Waals surface area contributed by atoms with E-state index in [9.17, 15) is 4.79 Å². The van der Waals surface area contributed by atoms with Crippen molar-refractivity contribution in [3.8, 4) is 0 Å². The fourth-order valence-electron chi connectivity index (χ4n) is 3.58. The van der Waals surface area contributed by atoms with E-state index >= 15 is 0 Å². The van der Waals surface area contributed by atoms with Crippen LogP contribution in [0.2, 0.25) is 0 Å². The van der Waals surface area contributed by atoms with E-state index in [0.717, 1.165) is 6.42 Å². The van der Waals surface area contributed by atoms with Crippen LogP contribution in [0, 0.1) is 17.8 Å². The van der Waals surface area contributed by atoms with Crippen LogP contribution >= 0.6 is 0 Å². The van der Waals surface area contributed by atoms with Crippen LogP contribution in [0.25, 0.3) is 0 Å². The van der Waals surface area contributed by atoms with Crippen LogP contribution in [0.4, 0.5) is 0 Å². The Hall–Kier alpha value is -1.15. The minimum Gasteiger partial charge on any atom is -0.375 e. The van der Waals surface area contributed by atoms with Crippen LogP contribution in [0.1, 0.15) is 38.7 Å². The van der Waals surface area contributed by atoms with Crippen molar-refractivity contribution >= 4 is 5.78 Å². The van der Waals surface area contributed by atoms with E-state index in [1.807, 2.05) is 13.0 Å². The van der Waals surface area contributed by atoms with Crippen LogP contribution in [-0.2, 0) is 9.53 Å². The second-order valence-electron chi connectivity index (χ2n) is 6.19. The van der Waals surface area contributed by atoms with Crippen molar-refractivity contribution in [2.24, 2.45) is 17.8 Å². The fourth-order valence-corrected chi connectivity index (χ4v) is 3.58. The standard InChI is InChI=1S/C17H22O2/c1-10-11(2)19-12(3)16(10)17(18)15-9-14(15)13-7-5-4-6-8-13/h4-8,10-12,14-16H,9H2,1-3H3. The number of hydrogen-bond donors (Lipinski definition) is 0. The van der Waals surface area contributed by atoms with Crippen LogP contribution in [-0.4, -0.2) is 18.0 Å². The molecule has 0 bridgehead atoms. The molecule has 1 aliphatic carbocycles. The van der Waals surface area contributed by atoms with Gasteiger partial charge in [0.1, 0.15) is 5.78 Å². The van der Waals surface area contributed by atoms with Crippen LogP contribution in [0.5, 0.6) is 0 Å². The van der Waals surface area contributed by atoms with Gasteiger partial charge in [0.2, 0.25) is 0 Å². The normalized spacial score (nSPS) is 41.2. The predicted octanol–water partition coefficient (Wildman–Crippen LogP) is 3.42. The molecule has 1 aromatic rings. The molecule has 19 heavy (non-hydrogen) atoms. The maximum Gasteiger partial charge on any atom is 0.142 e. The summed E-state index contributed by atoms with van der Waals surface area (Å²) >= 11 is 0. The number of carbonyl (C=O) groups is 1. The first kappa shape index (κ1) is 12.9. The lowest BCUT2D eigenvalue weighted by Gasteiger charge is -2.17. The van der Waals surface area contributed by atoms with Gasteiger partial charge < -0.3 is 4.74 Å². The van der Waals surface area contributed by atoms with E-state index in [4.69, 9.17) is 4.74 Å². The molecule has 3 rings (SSSR count). The first-order valence-corrected chi connectivity index (χ1v) is 7.33. The molecule has 2 fully saturated rings. The molecule has 1 aliphatic heterocycles. The Morgan fingerprint density at radius 3 is 2.37 bits per heavy atom. The molecule has 2 nitrogen and oxygen atoms in total. The lowest BCUT2D eigenvalue weighted by molar-refractivity contribution is -0.126. The summed E-state index contributed by atoms with van der Waals surface area (Å²) in [5, 5.41) is 0. The van der Waals surface area contributed by atoms with Crippen LogP contribution in [0.3, 0.4) is 0 Å². The molecule has 0 aromatic heterocycles. The van der Waals surface area contributed by atoms with E-state index in [2.05, 4.69) is 38.1 Å². The van der Waals surface area contributed by atoms with Gasteiger partial charge in [0, 0.05) is 11.8 Å². The molecule has 1 saturated heterocycles. The lowest BCUT2D eigenvalue weighted by atomic mass is 9.83. The minimum atomic E-state index is 0.0783. The lowest BCUT2D eigenvalue weighted by Crippen LogP contribution is -2.28. The van der Waals surface area contributed by atoms with Crippen LogP contribution in [0.15, 0.2) is 30.3 Å². The van der Waals surface area contributed by atoms with Gasteiger partial charge in [0.25, 0.3) is 0 Å². The highest BCUT2D eigenvalue weighted by Gasteiger charge is 2.51. The SMILES string of the molecule is CC1OC(C)C(C(=O)C2CC2c2ccccc2)C1C. The summed E-state index contributed by atoms with van der Waals surface area (Å²) in [6.45, 7) is 6.27. The van der Waals surface area contributed by atoms with Crippen molar-refractivity contribution in [3.63, 3.8) is 0 Å². The number of carbonyl (C=O) groups excluding carboxylic acids is 1. The van der Waals surface area contributed by atoms with Gasteiger partial charge in [-0.1, -0.05) is 37.3 Å². The molecule has 0 N–H and O–H groups in total. The molecular formula is C17H22O2. The summed E-state index contributed by atoms with van der Waals surface area (Å²) in [6, 6.07) is 10.4. The van der Waals surface area contributed by atoms with Gasteiger partial charge >= 0.3 is 0 Å². The number of hydrogen-bond acceptors (Lipinski definition) is 2. The van der Waals surface area contributed by atoms with E-state index in [1.165, 1.54) is 5.56 Å². The van der Waals surface area contributed by atoms with Crippen molar-refractivity contribution in [3.05, 3.63) is 35.9 Å². The van der Waals surface area contributed by atoms with Gasteiger partial charge in [0.15, 0.2) is 0 Å². The Morgan fingerprint density at radius 1 is 1.11 bits per heavy atom. The molecule has 0 radical (unpaired) electrons. The molecule has 1 aromatic carbocycles. The third kappa shape index (κ3) is 2.23. The number of rotatable bonds is 3. The van der Waals surface area contributed by atoms with Gasteiger partial charge in [-0.3, -0.25) is 4.79 Å². The minimum absolute atomic E-state index is 0.0783. The van der Waals surface area contributed by atoms with E-state index < -0.39 is 0 Å². The first-order chi connectivity index (χ1) is 9.09. The third-order valence-electron chi connectivity index (χ3n) is 4.95. The van der Waals surface area contributed by atoms with Crippen molar-refractivity contribution in [1.82, 2.24) is 0 Å². The molecule has 1 saturated carbocycles. The first-order valence-electron chi connectivity index (χ1n) is 7.33. The van der Waals surface area contributed by atoms with Gasteiger partial charge in [-0.2, -0.15) is 0 Å². The van der Waals surface area contributed by atoms with Crippen LogP contribution < -0.4 is 0 Å². The van der Waals surface area contributed by atoms with E-state index in [1.54, 1.807) is 0 Å². The zero-order chi connectivity index (χ0) is 13.6. The van der Waals surface area contributed by atoms with Crippen molar-refractivity contribution < 1.29 is 9.53 Å². The third-order valence-corrected chi connectivity index (χ3v) is 4.95. The molecule has 0 spiro atoms. The van der Waals surface area contributed by atoms with E-state index in [0.29, 0.717) is 17.6 Å². The molecule has 2 heteroatoms. The second kappa shape index (κ2) is 4.75. The number of Topliss-reactive ketones (excluding diaryl/α,β-unsaturated/α-hetero) is 1. The smallest absolute Gasteiger partial charge is 0.142 e. The van der Waals surface area contributed by atoms with Crippen molar-refractivity contribution in [2.45, 2.75) is 45.3 Å². The molecule has 2 aliphatic rings. The highest BCUT2D eigenvalue weighted by Crippen LogP contribution is 2.51. The Morgan fingerprint density at radius 2 is 1.79 bits per heavy atom. The maximum atomic E-state index is 12.7. The summed E-state index contributed by atoms with van der Waals surface area (Å²) in [4.78, 5) is 12.7. The Balaban J connectivity index is 1.70. The fraction of sp³-hybridized carbons (Fsp3) is 0.588. The van der Waals surface area contributed by atoms with Gasteiger partial charge in [-0.15, -0.1) is 0 Å². The Bertz CT molecular complexity index is 467. The van der Waals surface area contributed by atoms with Gasteiger partial charge in [0.05, 0.1) is 12.2 Å². The molecule has 6 unspecified atom stereocenters. The molecule has 0 amide bonds. The summed E-state index contributed by atoms with van der Waals surface area (Å²) < 4.78 is 5.81. The summed E-state index contributed by atoms with van der Waals surface area (Å²) in [5.74, 6) is 1.54. The van der Waals surface area contributed by atoms with Crippen molar-refractivity contribution in [1.29, 1.82) is 0 Å². The average molecular weight is 258 g/mol. The zero-order valence-corrected chi connectivity index (χ0v) is 11.9. The second-order valence-corrected chi connectivity index (χ2v) is 6.19. The monoisotopic (exact) mass is 258 g/mol. The van der Waals surface area contributed by atoms with Gasteiger partial charge in [-0.05, 0) is 37.7 Å². The highest BCUT2D eigenvalue weighted by atomic mass is 16.5. The maximum absolute atomic E-state index is 12.7. The highest BCUT2D eigenvalue weighted by molar-refractivity contribution is 5.88. The molecular weight excluding hydrogens is 236 g/mol. The molecule has 6 atom stereocenters. The number of benzene rings is 1. The quantitative estimate of drug-likeness (QED) is 0.830. The number of ether oxygens (including phenoxy) is 1. The summed E-state index contributed by atoms with van der Waals surface area (Å²) in [5.41, 5.74) is 1.31. The molecule has 1 heterocycles. The topological polar surface area (TPSA) is 26.3 Å². The summed E-state index contributed by atoms with van der Waals surface area (Å²) in [6.07, 6.45) is 1.31. The van der Waals surface area contributed by atoms with Crippen molar-refractivity contribution in [2.75, 3.05) is 0 Å². The summed E-state index contributed by atoms with van der Waals surface area (Å²) in [7, 11) is 0. The van der Waals surface area contributed by atoms with E-state index in [-0.39, 0.29) is 24.0 Å². The molecule has 102 valence electrons. The van der Waals surface area contributed by atoms with Gasteiger partial charge in [-0.25, -0.2) is 0 Å². The number of ketones is 1. The Labute approximate surface area is 115 Å².